The van der Waals surface area contributed by atoms with Crippen LogP contribution in [-0.4, -0.2) is 11.1 Å². The van der Waals surface area contributed by atoms with Crippen LogP contribution in [0.3, 0.4) is 0 Å². The van der Waals surface area contributed by atoms with Crippen molar-refractivity contribution in [2.24, 2.45) is 0 Å². The van der Waals surface area contributed by atoms with E-state index in [0.29, 0.717) is 16.7 Å². The molecular weight excluding hydrogens is 345 g/mol. The predicted octanol–water partition coefficient (Wildman–Crippen LogP) is 4.68. The Hall–Kier alpha value is -2.54. The van der Waals surface area contributed by atoms with E-state index in [1.165, 1.54) is 6.07 Å². The maximum Gasteiger partial charge on any atom is 0.417 e. The van der Waals surface area contributed by atoms with Gasteiger partial charge in [0.1, 0.15) is 5.69 Å². The summed E-state index contributed by atoms with van der Waals surface area (Å²) in [5.74, 6) is -0.510. The summed E-state index contributed by atoms with van der Waals surface area (Å²) in [4.78, 5) is 12.1. The Kier molecular flexibility index (Phi) is 4.19. The Morgan fingerprint density at radius 3 is 2.71 bits per heavy atom. The molecule has 0 saturated heterocycles. The molecule has 1 N–H and O–H groups in total. The van der Waals surface area contributed by atoms with Gasteiger partial charge in [0.2, 0.25) is 5.91 Å². The Balaban J connectivity index is 1.78. The topological polar surface area (TPSA) is 55.1 Å². The summed E-state index contributed by atoms with van der Waals surface area (Å²) in [6.45, 7) is 0. The molecule has 0 aliphatic heterocycles. The number of carbonyl (C=O) groups is 1. The number of halogens is 4. The maximum atomic E-state index is 12.8. The van der Waals surface area contributed by atoms with Crippen molar-refractivity contribution < 1.29 is 22.5 Å². The van der Waals surface area contributed by atoms with Crippen LogP contribution in [0.5, 0.6) is 0 Å². The summed E-state index contributed by atoms with van der Waals surface area (Å²) in [5.41, 5.74) is -0.0577. The molecule has 0 bridgehead atoms. The maximum absolute atomic E-state index is 12.8. The first-order valence-electron chi connectivity index (χ1n) is 6.84. The van der Waals surface area contributed by atoms with Crippen molar-refractivity contribution in [3.05, 3.63) is 58.7 Å². The number of nitrogens with zero attached hydrogens (tertiary/aromatic N) is 1. The molecule has 0 aliphatic carbocycles. The third-order valence-corrected chi connectivity index (χ3v) is 3.67. The number of fused-ring (bicyclic) bond motifs is 1. The van der Waals surface area contributed by atoms with Crippen molar-refractivity contribution in [1.29, 1.82) is 0 Å². The Labute approximate surface area is 139 Å². The van der Waals surface area contributed by atoms with Gasteiger partial charge in [0.25, 0.3) is 0 Å². The molecule has 1 amide bonds. The van der Waals surface area contributed by atoms with Gasteiger partial charge < -0.3 is 9.84 Å². The molecule has 0 unspecified atom stereocenters. The largest absolute Gasteiger partial charge is 0.417 e. The summed E-state index contributed by atoms with van der Waals surface area (Å²) in [5, 5.41) is 6.47. The van der Waals surface area contributed by atoms with Gasteiger partial charge in [0.05, 0.1) is 17.0 Å². The molecule has 0 radical (unpaired) electrons. The molecule has 0 atom stereocenters. The van der Waals surface area contributed by atoms with E-state index in [4.69, 9.17) is 16.1 Å². The number of rotatable bonds is 3. The fraction of sp³-hybridized carbons (Fsp3) is 0.125. The molecule has 0 saturated carbocycles. The van der Waals surface area contributed by atoms with Gasteiger partial charge in [0.15, 0.2) is 5.58 Å². The molecule has 8 heteroatoms. The second-order valence-corrected chi connectivity index (χ2v) is 5.45. The van der Waals surface area contributed by atoms with E-state index in [2.05, 4.69) is 10.5 Å². The van der Waals surface area contributed by atoms with Gasteiger partial charge in [-0.3, -0.25) is 4.79 Å². The van der Waals surface area contributed by atoms with E-state index in [1.807, 2.05) is 0 Å². The molecular formula is C16H10ClF3N2O2. The highest BCUT2D eigenvalue weighted by atomic mass is 35.5. The normalized spacial score (nSPS) is 11.7. The average Bonchev–Trinajstić information content (AvgIpc) is 2.91. The summed E-state index contributed by atoms with van der Waals surface area (Å²) >= 11 is 5.54. The number of nitrogens with one attached hydrogen (secondary N) is 1. The second kappa shape index (κ2) is 6.16. The highest BCUT2D eigenvalue weighted by molar-refractivity contribution is 6.31. The lowest BCUT2D eigenvalue weighted by Crippen LogP contribution is -2.15. The molecule has 2 aromatic carbocycles. The number of amides is 1. The summed E-state index contributed by atoms with van der Waals surface area (Å²) in [6, 6.07) is 10.2. The van der Waals surface area contributed by atoms with Crippen molar-refractivity contribution in [3.8, 4) is 0 Å². The van der Waals surface area contributed by atoms with Crippen LogP contribution in [0.25, 0.3) is 11.0 Å². The van der Waals surface area contributed by atoms with Gasteiger partial charge in [-0.2, -0.15) is 13.2 Å². The Morgan fingerprint density at radius 1 is 1.21 bits per heavy atom. The van der Waals surface area contributed by atoms with Crippen LogP contribution in [0.4, 0.5) is 18.9 Å². The molecule has 1 aromatic heterocycles. The first kappa shape index (κ1) is 16.3. The van der Waals surface area contributed by atoms with Gasteiger partial charge in [-0.05, 0) is 30.3 Å². The molecule has 1 heterocycles. The van der Waals surface area contributed by atoms with Crippen LogP contribution >= 0.6 is 11.6 Å². The zero-order valence-electron chi connectivity index (χ0n) is 12.0. The SMILES string of the molecule is O=C(Cc1noc2ccccc12)Nc1ccc(Cl)c(C(F)(F)F)c1. The Bertz CT molecular complexity index is 906. The summed E-state index contributed by atoms with van der Waals surface area (Å²) in [6.07, 6.45) is -4.72. The van der Waals surface area contributed by atoms with Gasteiger partial charge in [-0.25, -0.2) is 0 Å². The number of aromatic nitrogens is 1. The van der Waals surface area contributed by atoms with Crippen molar-refractivity contribution in [2.45, 2.75) is 12.6 Å². The van der Waals surface area contributed by atoms with E-state index in [1.54, 1.807) is 24.3 Å². The van der Waals surface area contributed by atoms with Crippen molar-refractivity contribution in [2.75, 3.05) is 5.32 Å². The quantitative estimate of drug-likeness (QED) is 0.743. The molecule has 0 aliphatic rings. The number of hydrogen-bond acceptors (Lipinski definition) is 3. The second-order valence-electron chi connectivity index (χ2n) is 5.04. The van der Waals surface area contributed by atoms with Crippen LogP contribution in [0.15, 0.2) is 47.0 Å². The number of hydrogen-bond donors (Lipinski definition) is 1. The number of carbonyl (C=O) groups excluding carboxylic acids is 1. The fourth-order valence-corrected chi connectivity index (χ4v) is 2.47. The van der Waals surface area contributed by atoms with Crippen molar-refractivity contribution in [3.63, 3.8) is 0 Å². The van der Waals surface area contributed by atoms with Crippen LogP contribution in [-0.2, 0) is 17.4 Å². The number of anilines is 1. The summed E-state index contributed by atoms with van der Waals surface area (Å²) in [7, 11) is 0. The van der Waals surface area contributed by atoms with E-state index >= 15 is 0 Å². The predicted molar refractivity (Wildman–Crippen MR) is 82.8 cm³/mol. The minimum absolute atomic E-state index is 0.00419. The van der Waals surface area contributed by atoms with Gasteiger partial charge in [-0.1, -0.05) is 28.9 Å². The minimum Gasteiger partial charge on any atom is -0.356 e. The summed E-state index contributed by atoms with van der Waals surface area (Å²) < 4.78 is 43.6. The smallest absolute Gasteiger partial charge is 0.356 e. The van der Waals surface area contributed by atoms with Crippen LogP contribution < -0.4 is 5.32 Å². The standard InChI is InChI=1S/C16H10ClF3N2O2/c17-12-6-5-9(7-11(12)16(18,19)20)21-15(23)8-13-10-3-1-2-4-14(10)24-22-13/h1-7H,8H2,(H,21,23). The minimum atomic E-state index is -4.60. The average molecular weight is 355 g/mol. The van der Waals surface area contributed by atoms with Gasteiger partial charge in [-0.15, -0.1) is 0 Å². The molecule has 24 heavy (non-hydrogen) atoms. The van der Waals surface area contributed by atoms with Crippen LogP contribution in [0, 0.1) is 0 Å². The van der Waals surface area contributed by atoms with Gasteiger partial charge >= 0.3 is 6.18 Å². The zero-order valence-corrected chi connectivity index (χ0v) is 12.8. The van der Waals surface area contributed by atoms with E-state index in [0.717, 1.165) is 12.1 Å². The highest BCUT2D eigenvalue weighted by Gasteiger charge is 2.33. The first-order chi connectivity index (χ1) is 11.3. The third kappa shape index (κ3) is 3.35. The first-order valence-corrected chi connectivity index (χ1v) is 7.22. The van der Waals surface area contributed by atoms with E-state index < -0.39 is 22.7 Å². The lowest BCUT2D eigenvalue weighted by molar-refractivity contribution is -0.137. The van der Waals surface area contributed by atoms with Crippen LogP contribution in [0.1, 0.15) is 11.3 Å². The number of para-hydroxylation sites is 1. The van der Waals surface area contributed by atoms with Crippen molar-refractivity contribution >= 4 is 34.2 Å². The number of alkyl halides is 3. The molecule has 0 spiro atoms. The lowest BCUT2D eigenvalue weighted by atomic mass is 10.1. The van der Waals surface area contributed by atoms with E-state index in [9.17, 15) is 18.0 Å². The molecule has 4 nitrogen and oxygen atoms in total. The van der Waals surface area contributed by atoms with Crippen molar-refractivity contribution in [1.82, 2.24) is 5.16 Å². The molecule has 124 valence electrons. The Morgan fingerprint density at radius 2 is 1.96 bits per heavy atom. The molecule has 0 fully saturated rings. The van der Waals surface area contributed by atoms with Gasteiger partial charge in [0, 0.05) is 11.1 Å². The van der Waals surface area contributed by atoms with E-state index in [-0.39, 0.29) is 12.1 Å². The monoisotopic (exact) mass is 354 g/mol. The zero-order chi connectivity index (χ0) is 17.3. The number of benzene rings is 2. The molecule has 3 aromatic rings. The van der Waals surface area contributed by atoms with Crippen LogP contribution in [0.2, 0.25) is 5.02 Å². The molecule has 3 rings (SSSR count). The lowest BCUT2D eigenvalue weighted by Gasteiger charge is -2.11. The fourth-order valence-electron chi connectivity index (χ4n) is 2.24. The highest BCUT2D eigenvalue weighted by Crippen LogP contribution is 2.36. The third-order valence-electron chi connectivity index (χ3n) is 3.34.